The molecule has 0 spiro atoms. The number of aromatic nitrogens is 2. The number of halogens is 3. The molecule has 1 heterocycles. The molecule has 3 nitrogen and oxygen atoms in total. The van der Waals surface area contributed by atoms with Crippen molar-refractivity contribution in [1.29, 1.82) is 0 Å². The topological polar surface area (TPSA) is 37.8 Å². The third kappa shape index (κ3) is 2.68. The van der Waals surface area contributed by atoms with E-state index in [2.05, 4.69) is 31.2 Å². The monoisotopic (exact) mass is 301 g/mol. The Morgan fingerprint density at radius 3 is 2.75 bits per heavy atom. The molecule has 0 atom stereocenters. The standard InChI is InChI=1S/C10H6BrClFN3/c11-7-2-1-6(3-8(7)12)16-10-4-9(13)14-5-15-10/h1-5H,(H,14,15,16). The Bertz CT molecular complexity index is 521. The van der Waals surface area contributed by atoms with Crippen molar-refractivity contribution >= 4 is 39.0 Å². The van der Waals surface area contributed by atoms with E-state index in [0.29, 0.717) is 10.8 Å². The molecule has 0 fully saturated rings. The lowest BCUT2D eigenvalue weighted by Gasteiger charge is -2.06. The van der Waals surface area contributed by atoms with Gasteiger partial charge in [0.15, 0.2) is 0 Å². The maximum Gasteiger partial charge on any atom is 0.218 e. The van der Waals surface area contributed by atoms with Gasteiger partial charge < -0.3 is 5.32 Å². The van der Waals surface area contributed by atoms with E-state index in [4.69, 9.17) is 11.6 Å². The second kappa shape index (κ2) is 4.76. The Labute approximate surface area is 105 Å². The van der Waals surface area contributed by atoms with Crippen molar-refractivity contribution in [1.82, 2.24) is 9.97 Å². The zero-order chi connectivity index (χ0) is 11.5. The van der Waals surface area contributed by atoms with Gasteiger partial charge in [0.05, 0.1) is 5.02 Å². The molecule has 2 rings (SSSR count). The molecule has 0 saturated heterocycles. The maximum absolute atomic E-state index is 12.8. The van der Waals surface area contributed by atoms with Crippen LogP contribution < -0.4 is 5.32 Å². The van der Waals surface area contributed by atoms with Crippen LogP contribution in [0, 0.1) is 5.95 Å². The number of anilines is 2. The van der Waals surface area contributed by atoms with E-state index in [1.807, 2.05) is 0 Å². The largest absolute Gasteiger partial charge is 0.340 e. The van der Waals surface area contributed by atoms with Gasteiger partial charge in [0.2, 0.25) is 5.95 Å². The van der Waals surface area contributed by atoms with Gasteiger partial charge in [0, 0.05) is 16.2 Å². The number of nitrogens with zero attached hydrogens (tertiary/aromatic N) is 2. The average Bonchev–Trinajstić information content (AvgIpc) is 2.24. The van der Waals surface area contributed by atoms with Crippen LogP contribution >= 0.6 is 27.5 Å². The first-order chi connectivity index (χ1) is 7.65. The van der Waals surface area contributed by atoms with Gasteiger partial charge in [0.1, 0.15) is 12.1 Å². The summed E-state index contributed by atoms with van der Waals surface area (Å²) in [5, 5.41) is 3.49. The zero-order valence-electron chi connectivity index (χ0n) is 7.92. The fraction of sp³-hybridized carbons (Fsp3) is 0. The summed E-state index contributed by atoms with van der Waals surface area (Å²) < 4.78 is 13.6. The molecule has 16 heavy (non-hydrogen) atoms. The Morgan fingerprint density at radius 2 is 2.06 bits per heavy atom. The molecule has 0 bridgehead atoms. The van der Waals surface area contributed by atoms with Gasteiger partial charge in [-0.05, 0) is 34.1 Å². The van der Waals surface area contributed by atoms with E-state index in [1.165, 1.54) is 6.07 Å². The van der Waals surface area contributed by atoms with Crippen LogP contribution in [0.5, 0.6) is 0 Å². The van der Waals surface area contributed by atoms with Crippen LogP contribution in [-0.4, -0.2) is 9.97 Å². The van der Waals surface area contributed by atoms with Gasteiger partial charge in [-0.25, -0.2) is 9.97 Å². The van der Waals surface area contributed by atoms with E-state index in [1.54, 1.807) is 18.2 Å². The Balaban J connectivity index is 2.24. The van der Waals surface area contributed by atoms with Crippen molar-refractivity contribution in [3.05, 3.63) is 46.0 Å². The van der Waals surface area contributed by atoms with Gasteiger partial charge in [-0.3, -0.25) is 0 Å². The fourth-order valence-electron chi connectivity index (χ4n) is 1.12. The third-order valence-corrected chi connectivity index (χ3v) is 3.06. The molecule has 1 N–H and O–H groups in total. The van der Waals surface area contributed by atoms with Crippen LogP contribution in [-0.2, 0) is 0 Å². The molecule has 82 valence electrons. The minimum atomic E-state index is -0.583. The lowest BCUT2D eigenvalue weighted by molar-refractivity contribution is 0.580. The predicted octanol–water partition coefficient (Wildman–Crippen LogP) is 3.78. The quantitative estimate of drug-likeness (QED) is 0.858. The van der Waals surface area contributed by atoms with Crippen molar-refractivity contribution in [2.75, 3.05) is 5.32 Å². The summed E-state index contributed by atoms with van der Waals surface area (Å²) in [5.74, 6) is -0.202. The van der Waals surface area contributed by atoms with Gasteiger partial charge >= 0.3 is 0 Å². The van der Waals surface area contributed by atoms with Crippen molar-refractivity contribution in [2.24, 2.45) is 0 Å². The molecule has 2 aromatic rings. The molecular formula is C10H6BrClFN3. The van der Waals surface area contributed by atoms with E-state index in [-0.39, 0.29) is 0 Å². The number of hydrogen-bond donors (Lipinski definition) is 1. The first-order valence-corrected chi connectivity index (χ1v) is 5.52. The molecular weight excluding hydrogens is 296 g/mol. The number of rotatable bonds is 2. The first kappa shape index (κ1) is 11.3. The second-order valence-corrected chi connectivity index (χ2v) is 4.24. The number of nitrogens with one attached hydrogen (secondary N) is 1. The summed E-state index contributed by atoms with van der Waals surface area (Å²) in [5.41, 5.74) is 0.728. The molecule has 6 heteroatoms. The number of benzene rings is 1. The predicted molar refractivity (Wildman–Crippen MR) is 64.4 cm³/mol. The normalized spacial score (nSPS) is 10.2. The van der Waals surface area contributed by atoms with Crippen LogP contribution in [0.1, 0.15) is 0 Å². The summed E-state index contributed by atoms with van der Waals surface area (Å²) in [6.07, 6.45) is 1.15. The van der Waals surface area contributed by atoms with Gasteiger partial charge in [-0.15, -0.1) is 0 Å². The molecule has 0 radical (unpaired) electrons. The summed E-state index contributed by atoms with van der Waals surface area (Å²) >= 11 is 9.20. The molecule has 0 aliphatic heterocycles. The van der Waals surface area contributed by atoms with Gasteiger partial charge in [-0.2, -0.15) is 4.39 Å². The summed E-state index contributed by atoms with van der Waals surface area (Å²) in [6, 6.07) is 6.51. The Hall–Kier alpha value is -1.20. The molecule has 0 saturated carbocycles. The highest BCUT2D eigenvalue weighted by Crippen LogP contribution is 2.26. The lowest BCUT2D eigenvalue weighted by atomic mass is 10.3. The Morgan fingerprint density at radius 1 is 1.25 bits per heavy atom. The lowest BCUT2D eigenvalue weighted by Crippen LogP contribution is -1.95. The van der Waals surface area contributed by atoms with Gasteiger partial charge in [0.25, 0.3) is 0 Å². The van der Waals surface area contributed by atoms with E-state index in [9.17, 15) is 4.39 Å². The van der Waals surface area contributed by atoms with Crippen LogP contribution in [0.15, 0.2) is 35.1 Å². The average molecular weight is 303 g/mol. The molecule has 1 aromatic carbocycles. The van der Waals surface area contributed by atoms with Crippen LogP contribution in [0.2, 0.25) is 5.02 Å². The first-order valence-electron chi connectivity index (χ1n) is 4.35. The van der Waals surface area contributed by atoms with E-state index < -0.39 is 5.95 Å². The van der Waals surface area contributed by atoms with E-state index in [0.717, 1.165) is 16.5 Å². The van der Waals surface area contributed by atoms with Crippen LogP contribution in [0.25, 0.3) is 0 Å². The highest BCUT2D eigenvalue weighted by atomic mass is 79.9. The zero-order valence-corrected chi connectivity index (χ0v) is 10.3. The highest BCUT2D eigenvalue weighted by molar-refractivity contribution is 9.10. The summed E-state index contributed by atoms with van der Waals surface area (Å²) in [7, 11) is 0. The summed E-state index contributed by atoms with van der Waals surface area (Å²) in [4.78, 5) is 7.23. The molecule has 1 aromatic heterocycles. The van der Waals surface area contributed by atoms with Crippen molar-refractivity contribution in [2.45, 2.75) is 0 Å². The van der Waals surface area contributed by atoms with Crippen LogP contribution in [0.4, 0.5) is 15.9 Å². The molecule has 0 aliphatic carbocycles. The number of hydrogen-bond acceptors (Lipinski definition) is 3. The third-order valence-electron chi connectivity index (χ3n) is 1.83. The fourth-order valence-corrected chi connectivity index (χ4v) is 1.55. The smallest absolute Gasteiger partial charge is 0.218 e. The van der Waals surface area contributed by atoms with Crippen LogP contribution in [0.3, 0.4) is 0 Å². The van der Waals surface area contributed by atoms with Crippen molar-refractivity contribution in [3.8, 4) is 0 Å². The summed E-state index contributed by atoms with van der Waals surface area (Å²) in [6.45, 7) is 0. The SMILES string of the molecule is Fc1cc(Nc2ccc(Br)c(Cl)c2)ncn1. The minimum Gasteiger partial charge on any atom is -0.340 e. The Kier molecular flexibility index (Phi) is 3.36. The second-order valence-electron chi connectivity index (χ2n) is 2.98. The van der Waals surface area contributed by atoms with Crippen molar-refractivity contribution < 1.29 is 4.39 Å². The van der Waals surface area contributed by atoms with Crippen molar-refractivity contribution in [3.63, 3.8) is 0 Å². The van der Waals surface area contributed by atoms with E-state index >= 15 is 0 Å². The molecule has 0 aliphatic rings. The van der Waals surface area contributed by atoms with Gasteiger partial charge in [-0.1, -0.05) is 11.6 Å². The molecule has 0 amide bonds. The molecule has 0 unspecified atom stereocenters. The minimum absolute atomic E-state index is 0.380. The maximum atomic E-state index is 12.8. The highest BCUT2D eigenvalue weighted by Gasteiger charge is 2.01.